The van der Waals surface area contributed by atoms with Crippen molar-refractivity contribution in [3.05, 3.63) is 0 Å². The number of ether oxygens (including phenoxy) is 1. The summed E-state index contributed by atoms with van der Waals surface area (Å²) in [6, 6.07) is 0. The van der Waals surface area contributed by atoms with E-state index in [9.17, 15) is 5.11 Å². The summed E-state index contributed by atoms with van der Waals surface area (Å²) in [5.74, 6) is 0.198. The lowest BCUT2D eigenvalue weighted by molar-refractivity contribution is -0.0915. The molecule has 2 saturated heterocycles. The maximum Gasteiger partial charge on any atom is 0.0896 e. The molecule has 2 heterocycles. The Kier molecular flexibility index (Phi) is 3.79. The van der Waals surface area contributed by atoms with Gasteiger partial charge in [0.25, 0.3) is 0 Å². The number of hydrogen-bond donors (Lipinski definition) is 1. The first kappa shape index (κ1) is 15.3. The molecule has 2 atom stereocenters. The van der Waals surface area contributed by atoms with Gasteiger partial charge in [0, 0.05) is 12.5 Å². The van der Waals surface area contributed by atoms with Crippen molar-refractivity contribution in [1.82, 2.24) is 4.90 Å². The van der Waals surface area contributed by atoms with Gasteiger partial charge in [0.05, 0.1) is 17.3 Å². The molecule has 2 aliphatic heterocycles. The van der Waals surface area contributed by atoms with E-state index in [2.05, 4.69) is 32.6 Å². The monoisotopic (exact) mass is 269 g/mol. The summed E-state index contributed by atoms with van der Waals surface area (Å²) in [5, 5.41) is 10.5. The predicted octanol–water partition coefficient (Wildman–Crippen LogP) is 2.67. The second-order valence-corrected chi connectivity index (χ2v) is 8.33. The Bertz CT molecular complexity index is 326. The van der Waals surface area contributed by atoms with Crippen molar-refractivity contribution in [1.29, 1.82) is 0 Å². The van der Waals surface area contributed by atoms with Crippen LogP contribution < -0.4 is 0 Å². The highest BCUT2D eigenvalue weighted by atomic mass is 16.5. The van der Waals surface area contributed by atoms with Crippen molar-refractivity contribution in [3.63, 3.8) is 0 Å². The maximum atomic E-state index is 10.5. The van der Waals surface area contributed by atoms with Crippen molar-refractivity contribution in [3.8, 4) is 0 Å². The Morgan fingerprint density at radius 3 is 1.95 bits per heavy atom. The van der Waals surface area contributed by atoms with Crippen LogP contribution in [0.1, 0.15) is 54.4 Å². The third-order valence-corrected chi connectivity index (χ3v) is 5.18. The fourth-order valence-electron chi connectivity index (χ4n) is 3.62. The Morgan fingerprint density at radius 2 is 1.53 bits per heavy atom. The molecule has 3 heteroatoms. The molecule has 0 spiro atoms. The van der Waals surface area contributed by atoms with Crippen molar-refractivity contribution in [2.24, 2.45) is 11.3 Å². The summed E-state index contributed by atoms with van der Waals surface area (Å²) in [7, 11) is 0. The van der Waals surface area contributed by atoms with E-state index < -0.39 is 5.60 Å². The van der Waals surface area contributed by atoms with E-state index in [0.717, 1.165) is 19.6 Å². The number of hydrogen-bond acceptors (Lipinski definition) is 3. The van der Waals surface area contributed by atoms with E-state index in [0.29, 0.717) is 5.41 Å². The summed E-state index contributed by atoms with van der Waals surface area (Å²) < 4.78 is 6.07. The zero-order chi connectivity index (χ0) is 14.5. The van der Waals surface area contributed by atoms with Crippen LogP contribution in [-0.4, -0.2) is 46.9 Å². The number of nitrogens with zero attached hydrogens (tertiary/aromatic N) is 1. The Morgan fingerprint density at radius 1 is 1.00 bits per heavy atom. The third-order valence-electron chi connectivity index (χ3n) is 5.18. The van der Waals surface area contributed by atoms with Crippen LogP contribution in [0.4, 0.5) is 0 Å². The molecule has 3 nitrogen and oxygen atoms in total. The minimum absolute atomic E-state index is 0.198. The smallest absolute Gasteiger partial charge is 0.0896 e. The quantitative estimate of drug-likeness (QED) is 0.836. The molecule has 0 aromatic carbocycles. The van der Waals surface area contributed by atoms with E-state index >= 15 is 0 Å². The zero-order valence-electron chi connectivity index (χ0n) is 13.5. The van der Waals surface area contributed by atoms with Crippen LogP contribution in [0.5, 0.6) is 0 Å². The van der Waals surface area contributed by atoms with Crippen molar-refractivity contribution >= 4 is 0 Å². The Balaban J connectivity index is 1.99. The number of aliphatic hydroxyl groups is 1. The van der Waals surface area contributed by atoms with Crippen LogP contribution in [-0.2, 0) is 4.74 Å². The molecule has 0 radical (unpaired) electrons. The van der Waals surface area contributed by atoms with Crippen molar-refractivity contribution in [2.45, 2.75) is 71.7 Å². The first-order valence-electron chi connectivity index (χ1n) is 7.64. The standard InChI is InChI=1S/C16H31NO2/c1-14(2)7-9-17(10-8-14)11-12-13(18)16(5,6)19-15(12,3)4/h12-13,18H,7-11H2,1-6H3. The van der Waals surface area contributed by atoms with Crippen molar-refractivity contribution < 1.29 is 9.84 Å². The van der Waals surface area contributed by atoms with Crippen LogP contribution in [0.15, 0.2) is 0 Å². The largest absolute Gasteiger partial charge is 0.390 e. The van der Waals surface area contributed by atoms with E-state index in [1.807, 2.05) is 13.8 Å². The van der Waals surface area contributed by atoms with Crippen LogP contribution >= 0.6 is 0 Å². The Labute approximate surface area is 118 Å². The van der Waals surface area contributed by atoms with Crippen molar-refractivity contribution in [2.75, 3.05) is 19.6 Å². The number of rotatable bonds is 2. The first-order chi connectivity index (χ1) is 8.54. The van der Waals surface area contributed by atoms with Gasteiger partial charge in [0.1, 0.15) is 0 Å². The van der Waals surface area contributed by atoms with Gasteiger partial charge >= 0.3 is 0 Å². The van der Waals surface area contributed by atoms with Gasteiger partial charge in [-0.1, -0.05) is 13.8 Å². The molecule has 2 fully saturated rings. The van der Waals surface area contributed by atoms with Crippen LogP contribution in [0.3, 0.4) is 0 Å². The van der Waals surface area contributed by atoms with E-state index in [1.54, 1.807) is 0 Å². The fraction of sp³-hybridized carbons (Fsp3) is 1.00. The summed E-state index contributed by atoms with van der Waals surface area (Å²) >= 11 is 0. The summed E-state index contributed by atoms with van der Waals surface area (Å²) in [4.78, 5) is 2.51. The molecule has 2 unspecified atom stereocenters. The molecule has 0 amide bonds. The highest BCUT2D eigenvalue weighted by Gasteiger charge is 2.53. The highest BCUT2D eigenvalue weighted by Crippen LogP contribution is 2.43. The highest BCUT2D eigenvalue weighted by molar-refractivity contribution is 5.02. The second kappa shape index (κ2) is 4.71. The van der Waals surface area contributed by atoms with E-state index in [4.69, 9.17) is 4.74 Å². The lowest BCUT2D eigenvalue weighted by Gasteiger charge is -2.40. The molecular weight excluding hydrogens is 238 g/mol. The van der Waals surface area contributed by atoms with Gasteiger partial charge in [-0.15, -0.1) is 0 Å². The molecule has 112 valence electrons. The fourth-order valence-corrected chi connectivity index (χ4v) is 3.62. The normalized spacial score (nSPS) is 37.4. The maximum absolute atomic E-state index is 10.5. The summed E-state index contributed by atoms with van der Waals surface area (Å²) in [5.41, 5.74) is -0.185. The molecule has 19 heavy (non-hydrogen) atoms. The van der Waals surface area contributed by atoms with Gasteiger partial charge in [-0.2, -0.15) is 0 Å². The zero-order valence-corrected chi connectivity index (χ0v) is 13.5. The van der Waals surface area contributed by atoms with E-state index in [1.165, 1.54) is 12.8 Å². The average molecular weight is 269 g/mol. The summed E-state index contributed by atoms with van der Waals surface area (Å²) in [6.07, 6.45) is 2.12. The number of aliphatic hydroxyl groups excluding tert-OH is 1. The molecule has 0 bridgehead atoms. The SMILES string of the molecule is CC1(C)CCN(CC2C(O)C(C)(C)OC2(C)C)CC1. The lowest BCUT2D eigenvalue weighted by Crippen LogP contribution is -2.46. The van der Waals surface area contributed by atoms with Gasteiger partial charge in [0.15, 0.2) is 0 Å². The second-order valence-electron chi connectivity index (χ2n) is 8.33. The molecule has 2 rings (SSSR count). The molecule has 2 aliphatic rings. The Hall–Kier alpha value is -0.120. The molecule has 0 saturated carbocycles. The van der Waals surface area contributed by atoms with Gasteiger partial charge in [-0.05, 0) is 59.0 Å². The number of piperidine rings is 1. The molecule has 1 N–H and O–H groups in total. The van der Waals surface area contributed by atoms with Crippen LogP contribution in [0.2, 0.25) is 0 Å². The third kappa shape index (κ3) is 3.14. The molecule has 0 aromatic heterocycles. The van der Waals surface area contributed by atoms with Gasteiger partial charge in [0.2, 0.25) is 0 Å². The van der Waals surface area contributed by atoms with Crippen LogP contribution in [0.25, 0.3) is 0 Å². The molecular formula is C16H31NO2. The topological polar surface area (TPSA) is 32.7 Å². The number of likely N-dealkylation sites (tertiary alicyclic amines) is 1. The average Bonchev–Trinajstić information content (AvgIpc) is 2.39. The molecule has 0 aliphatic carbocycles. The summed E-state index contributed by atoms with van der Waals surface area (Å²) in [6.45, 7) is 16.2. The van der Waals surface area contributed by atoms with Gasteiger partial charge in [-0.3, -0.25) is 0 Å². The van der Waals surface area contributed by atoms with Gasteiger partial charge in [-0.25, -0.2) is 0 Å². The minimum Gasteiger partial charge on any atom is -0.390 e. The predicted molar refractivity (Wildman–Crippen MR) is 78.2 cm³/mol. The van der Waals surface area contributed by atoms with Gasteiger partial charge < -0.3 is 14.7 Å². The van der Waals surface area contributed by atoms with E-state index in [-0.39, 0.29) is 17.6 Å². The first-order valence-corrected chi connectivity index (χ1v) is 7.64. The molecule has 0 aromatic rings. The lowest BCUT2D eigenvalue weighted by atomic mass is 9.80. The van der Waals surface area contributed by atoms with Crippen LogP contribution in [0, 0.1) is 11.3 Å². The minimum atomic E-state index is -0.427.